The van der Waals surface area contributed by atoms with Gasteiger partial charge in [0.05, 0.1) is 0 Å². The average molecular weight is 452 g/mol. The third-order valence-corrected chi connectivity index (χ3v) is 5.76. The normalized spacial score (nSPS) is 15.8. The number of piperidine rings is 1. The smallest absolute Gasteiger partial charge is 0.321 e. The van der Waals surface area contributed by atoms with Gasteiger partial charge in [0, 0.05) is 41.0 Å². The van der Waals surface area contributed by atoms with E-state index in [0.717, 1.165) is 18.4 Å². The molecule has 1 fully saturated rings. The Morgan fingerprint density at radius 2 is 1.72 bits per heavy atom. The Morgan fingerprint density at radius 3 is 2.50 bits per heavy atom. The third-order valence-electron chi connectivity index (χ3n) is 5.51. The second-order valence-electron chi connectivity index (χ2n) is 7.81. The number of carbonyl (C=O) groups is 2. The van der Waals surface area contributed by atoms with E-state index in [1.807, 2.05) is 18.2 Å². The van der Waals surface area contributed by atoms with Gasteiger partial charge in [-0.2, -0.15) is 0 Å². The Hall–Kier alpha value is -3.38. The second-order valence-corrected chi connectivity index (χ2v) is 8.25. The summed E-state index contributed by atoms with van der Waals surface area (Å²) in [5, 5.41) is 6.24. The van der Waals surface area contributed by atoms with Gasteiger partial charge in [0.15, 0.2) is 0 Å². The summed E-state index contributed by atoms with van der Waals surface area (Å²) >= 11 is 5.90. The van der Waals surface area contributed by atoms with E-state index in [1.165, 1.54) is 12.1 Å². The van der Waals surface area contributed by atoms with E-state index in [-0.39, 0.29) is 17.9 Å². The molecule has 5 nitrogen and oxygen atoms in total. The van der Waals surface area contributed by atoms with Crippen molar-refractivity contribution >= 4 is 34.9 Å². The van der Waals surface area contributed by atoms with Gasteiger partial charge in [0.2, 0.25) is 0 Å². The van der Waals surface area contributed by atoms with Crippen molar-refractivity contribution in [1.29, 1.82) is 0 Å². The largest absolute Gasteiger partial charge is 0.324 e. The fraction of sp³-hybridized carbons (Fsp3) is 0.200. The molecule has 0 bridgehead atoms. The topological polar surface area (TPSA) is 61.4 Å². The molecule has 164 valence electrons. The molecule has 2 N–H and O–H groups in total. The van der Waals surface area contributed by atoms with Crippen LogP contribution in [0.25, 0.3) is 0 Å². The van der Waals surface area contributed by atoms with Crippen LogP contribution in [0.15, 0.2) is 72.8 Å². The predicted octanol–water partition coefficient (Wildman–Crippen LogP) is 6.14. The van der Waals surface area contributed by atoms with Crippen molar-refractivity contribution in [2.24, 2.45) is 0 Å². The molecule has 0 aliphatic carbocycles. The van der Waals surface area contributed by atoms with E-state index in [1.54, 1.807) is 47.4 Å². The quantitative estimate of drug-likeness (QED) is 0.500. The number of amides is 3. The Morgan fingerprint density at radius 1 is 0.938 bits per heavy atom. The first-order valence-electron chi connectivity index (χ1n) is 10.5. The highest BCUT2D eigenvalue weighted by Gasteiger charge is 2.25. The number of hydrogen-bond acceptors (Lipinski definition) is 2. The number of halogens is 2. The van der Waals surface area contributed by atoms with Crippen molar-refractivity contribution in [2.45, 2.75) is 18.8 Å². The molecular weight excluding hydrogens is 429 g/mol. The van der Waals surface area contributed by atoms with E-state index in [0.29, 0.717) is 35.1 Å². The van der Waals surface area contributed by atoms with Gasteiger partial charge in [-0.1, -0.05) is 29.8 Å². The Kier molecular flexibility index (Phi) is 6.71. The number of nitrogens with zero attached hydrogens (tertiary/aromatic N) is 1. The molecule has 4 rings (SSSR count). The monoisotopic (exact) mass is 451 g/mol. The van der Waals surface area contributed by atoms with Gasteiger partial charge >= 0.3 is 6.03 Å². The minimum absolute atomic E-state index is 0.127. The van der Waals surface area contributed by atoms with Crippen LogP contribution in [-0.4, -0.2) is 29.9 Å². The van der Waals surface area contributed by atoms with Crippen molar-refractivity contribution in [3.63, 3.8) is 0 Å². The summed E-state index contributed by atoms with van der Waals surface area (Å²) in [6.07, 6.45) is 1.80. The number of rotatable bonds is 4. The maximum absolute atomic E-state index is 13.4. The van der Waals surface area contributed by atoms with Gasteiger partial charge in [-0.25, -0.2) is 9.18 Å². The third kappa shape index (κ3) is 5.45. The van der Waals surface area contributed by atoms with Crippen LogP contribution in [-0.2, 0) is 0 Å². The van der Waals surface area contributed by atoms with Crippen molar-refractivity contribution in [3.8, 4) is 0 Å². The molecule has 1 saturated heterocycles. The molecule has 3 amide bonds. The number of hydrogen-bond donors (Lipinski definition) is 2. The van der Waals surface area contributed by atoms with Crippen LogP contribution in [0.1, 0.15) is 34.7 Å². The minimum atomic E-state index is -0.407. The van der Waals surface area contributed by atoms with E-state index in [4.69, 9.17) is 11.6 Å². The zero-order chi connectivity index (χ0) is 22.5. The van der Waals surface area contributed by atoms with Crippen molar-refractivity contribution in [1.82, 2.24) is 4.90 Å². The summed E-state index contributed by atoms with van der Waals surface area (Å²) in [7, 11) is 0. The van der Waals surface area contributed by atoms with E-state index >= 15 is 0 Å². The zero-order valence-electron chi connectivity index (χ0n) is 17.4. The van der Waals surface area contributed by atoms with Crippen LogP contribution < -0.4 is 10.6 Å². The average Bonchev–Trinajstić information content (AvgIpc) is 2.81. The number of carbonyl (C=O) groups excluding carboxylic acids is 2. The summed E-state index contributed by atoms with van der Waals surface area (Å²) in [5.41, 5.74) is 2.59. The number of likely N-dealkylation sites (tertiary alicyclic amines) is 1. The number of nitrogens with one attached hydrogen (secondary N) is 2. The standard InChI is InChI=1S/C25H23ClFN3O2/c26-20-9-11-22(12-10-20)29-25(32)30-13-3-6-19(16-30)17-4-1-5-18(14-17)24(31)28-23-8-2-7-21(27)15-23/h1-2,4-5,7-12,14-15,19H,3,6,13,16H2,(H,28,31)(H,29,32). The van der Waals surface area contributed by atoms with E-state index < -0.39 is 5.82 Å². The molecule has 7 heteroatoms. The first kappa shape index (κ1) is 21.8. The van der Waals surface area contributed by atoms with Crippen molar-refractivity contribution in [3.05, 3.63) is 94.8 Å². The van der Waals surface area contributed by atoms with E-state index in [9.17, 15) is 14.0 Å². The summed E-state index contributed by atoms with van der Waals surface area (Å²) in [6, 6.07) is 20.0. The summed E-state index contributed by atoms with van der Waals surface area (Å²) < 4.78 is 13.4. The number of benzene rings is 3. The minimum Gasteiger partial charge on any atom is -0.324 e. The van der Waals surface area contributed by atoms with Crippen molar-refractivity contribution < 1.29 is 14.0 Å². The van der Waals surface area contributed by atoms with Crippen LogP contribution in [0.4, 0.5) is 20.6 Å². The predicted molar refractivity (Wildman–Crippen MR) is 125 cm³/mol. The lowest BCUT2D eigenvalue weighted by molar-refractivity contribution is 0.102. The molecule has 1 aliphatic heterocycles. The molecule has 1 unspecified atom stereocenters. The molecule has 1 heterocycles. The molecular formula is C25H23ClFN3O2. The maximum atomic E-state index is 13.4. The molecule has 0 radical (unpaired) electrons. The molecule has 1 aliphatic rings. The van der Waals surface area contributed by atoms with Crippen LogP contribution in [0.2, 0.25) is 5.02 Å². The molecule has 3 aromatic rings. The molecule has 0 saturated carbocycles. The fourth-order valence-corrected chi connectivity index (χ4v) is 4.00. The summed E-state index contributed by atoms with van der Waals surface area (Å²) in [5.74, 6) is -0.581. The van der Waals surface area contributed by atoms with Crippen LogP contribution in [0, 0.1) is 5.82 Å². The van der Waals surface area contributed by atoms with Gasteiger partial charge in [-0.3, -0.25) is 4.79 Å². The highest BCUT2D eigenvalue weighted by molar-refractivity contribution is 6.30. The molecule has 32 heavy (non-hydrogen) atoms. The SMILES string of the molecule is O=C(Nc1cccc(F)c1)c1cccc(C2CCCN(C(=O)Nc3ccc(Cl)cc3)C2)c1. The number of urea groups is 1. The second kappa shape index (κ2) is 9.83. The lowest BCUT2D eigenvalue weighted by Crippen LogP contribution is -2.41. The molecule has 1 atom stereocenters. The van der Waals surface area contributed by atoms with Gasteiger partial charge in [-0.15, -0.1) is 0 Å². The molecule has 3 aromatic carbocycles. The summed E-state index contributed by atoms with van der Waals surface area (Å²) in [6.45, 7) is 1.24. The van der Waals surface area contributed by atoms with E-state index in [2.05, 4.69) is 10.6 Å². The van der Waals surface area contributed by atoms with Crippen LogP contribution in [0.3, 0.4) is 0 Å². The lowest BCUT2D eigenvalue weighted by atomic mass is 9.89. The Balaban J connectivity index is 1.42. The summed E-state index contributed by atoms with van der Waals surface area (Å²) in [4.78, 5) is 27.2. The van der Waals surface area contributed by atoms with Crippen LogP contribution in [0.5, 0.6) is 0 Å². The Bertz CT molecular complexity index is 1120. The zero-order valence-corrected chi connectivity index (χ0v) is 18.1. The number of anilines is 2. The Labute approximate surface area is 191 Å². The molecule has 0 aromatic heterocycles. The van der Waals surface area contributed by atoms with Gasteiger partial charge in [0.1, 0.15) is 5.82 Å². The maximum Gasteiger partial charge on any atom is 0.321 e. The first-order chi connectivity index (χ1) is 15.5. The molecule has 0 spiro atoms. The van der Waals surface area contributed by atoms with Gasteiger partial charge in [0.25, 0.3) is 5.91 Å². The highest BCUT2D eigenvalue weighted by atomic mass is 35.5. The van der Waals surface area contributed by atoms with Gasteiger partial charge < -0.3 is 15.5 Å². The van der Waals surface area contributed by atoms with Gasteiger partial charge in [-0.05, 0) is 73.0 Å². The first-order valence-corrected chi connectivity index (χ1v) is 10.8. The fourth-order valence-electron chi connectivity index (χ4n) is 3.87. The lowest BCUT2D eigenvalue weighted by Gasteiger charge is -2.33. The van der Waals surface area contributed by atoms with Crippen LogP contribution >= 0.6 is 11.6 Å². The van der Waals surface area contributed by atoms with Crippen molar-refractivity contribution in [2.75, 3.05) is 23.7 Å². The highest BCUT2D eigenvalue weighted by Crippen LogP contribution is 2.28.